The molecule has 2 heterocycles. The largest absolute Gasteiger partial charge is 0.472 e. The Morgan fingerprint density at radius 2 is 1.82 bits per heavy atom. The number of likely N-dealkylation sites (tertiary alicyclic amines) is 1. The summed E-state index contributed by atoms with van der Waals surface area (Å²) >= 11 is 0. The molecule has 1 aromatic heterocycles. The second kappa shape index (κ2) is 8.33. The van der Waals surface area contributed by atoms with Crippen molar-refractivity contribution in [2.24, 2.45) is 28.6 Å². The minimum Gasteiger partial charge on any atom is -0.472 e. The number of furan rings is 1. The molecule has 0 spiro atoms. The lowest BCUT2D eigenvalue weighted by Crippen LogP contribution is -2.64. The van der Waals surface area contributed by atoms with Gasteiger partial charge >= 0.3 is 0 Å². The van der Waals surface area contributed by atoms with Gasteiger partial charge in [0.25, 0.3) is 0 Å². The molecule has 1 saturated heterocycles. The number of aliphatic hydroxyl groups is 2. The van der Waals surface area contributed by atoms with E-state index < -0.39 is 16.6 Å². The van der Waals surface area contributed by atoms with Gasteiger partial charge in [0.2, 0.25) is 0 Å². The maximum atomic E-state index is 12.4. The third kappa shape index (κ3) is 3.26. The molecule has 8 atom stereocenters. The molecule has 190 valence electrons. The number of rotatable bonds is 5. The predicted molar refractivity (Wildman–Crippen MR) is 131 cm³/mol. The van der Waals surface area contributed by atoms with Crippen molar-refractivity contribution in [1.82, 2.24) is 4.90 Å². The quantitative estimate of drug-likeness (QED) is 0.625. The van der Waals surface area contributed by atoms with Crippen LogP contribution >= 0.6 is 0 Å². The Hall–Kier alpha value is -0.880. The summed E-state index contributed by atoms with van der Waals surface area (Å²) in [6.45, 7) is 9.14. The first kappa shape index (κ1) is 23.5. The second-order valence-corrected chi connectivity index (χ2v) is 13.0. The van der Waals surface area contributed by atoms with Gasteiger partial charge in [-0.3, -0.25) is 0 Å². The van der Waals surface area contributed by atoms with Gasteiger partial charge in [-0.15, -0.1) is 0 Å². The van der Waals surface area contributed by atoms with E-state index >= 15 is 0 Å². The maximum absolute atomic E-state index is 12.4. The Bertz CT molecular complexity index is 867. The minimum absolute atomic E-state index is 0.279. The van der Waals surface area contributed by atoms with Gasteiger partial charge in [-0.1, -0.05) is 13.8 Å². The molecule has 4 saturated carbocycles. The highest BCUT2D eigenvalue weighted by Crippen LogP contribution is 2.71. The van der Waals surface area contributed by atoms with Crippen LogP contribution in [0.15, 0.2) is 23.0 Å². The first-order chi connectivity index (χ1) is 16.3. The summed E-state index contributed by atoms with van der Waals surface area (Å²) in [5, 5.41) is 24.3. The average molecular weight is 472 g/mol. The Morgan fingerprint density at radius 3 is 2.59 bits per heavy atom. The van der Waals surface area contributed by atoms with Crippen molar-refractivity contribution >= 4 is 0 Å². The van der Waals surface area contributed by atoms with Crippen LogP contribution in [-0.4, -0.2) is 53.1 Å². The van der Waals surface area contributed by atoms with Crippen LogP contribution < -0.4 is 0 Å². The third-order valence-corrected chi connectivity index (χ3v) is 11.9. The van der Waals surface area contributed by atoms with Crippen LogP contribution in [0.5, 0.6) is 0 Å². The van der Waals surface area contributed by atoms with E-state index in [1.54, 1.807) is 12.5 Å². The molecule has 5 nitrogen and oxygen atoms in total. The molecule has 5 fully saturated rings. The predicted octanol–water partition coefficient (Wildman–Crippen LogP) is 5.11. The molecular formula is C29H45NO4. The highest BCUT2D eigenvalue weighted by atomic mass is 16.5. The Kier molecular flexibility index (Phi) is 5.76. The number of hydrogen-bond donors (Lipinski definition) is 2. The number of hydrogen-bond acceptors (Lipinski definition) is 5. The molecule has 0 bridgehead atoms. The van der Waals surface area contributed by atoms with Crippen molar-refractivity contribution in [3.8, 4) is 0 Å². The molecule has 0 amide bonds. The lowest BCUT2D eigenvalue weighted by molar-refractivity contribution is -0.239. The monoisotopic (exact) mass is 471 g/mol. The van der Waals surface area contributed by atoms with Gasteiger partial charge in [-0.25, -0.2) is 0 Å². The van der Waals surface area contributed by atoms with Crippen LogP contribution in [-0.2, 0) is 10.3 Å². The van der Waals surface area contributed by atoms with Crippen molar-refractivity contribution in [2.75, 3.05) is 26.2 Å². The Balaban J connectivity index is 1.16. The molecule has 0 unspecified atom stereocenters. The van der Waals surface area contributed by atoms with Gasteiger partial charge in [-0.05, 0) is 113 Å². The Labute approximate surface area is 205 Å². The molecule has 5 aliphatic rings. The first-order valence-corrected chi connectivity index (χ1v) is 14.1. The van der Waals surface area contributed by atoms with E-state index in [1.807, 2.05) is 6.07 Å². The van der Waals surface area contributed by atoms with Crippen LogP contribution in [0.25, 0.3) is 0 Å². The molecule has 4 aliphatic carbocycles. The summed E-state index contributed by atoms with van der Waals surface area (Å²) in [7, 11) is 0. The van der Waals surface area contributed by atoms with E-state index in [4.69, 9.17) is 9.15 Å². The average Bonchev–Trinajstić information content (AvgIpc) is 3.57. The summed E-state index contributed by atoms with van der Waals surface area (Å²) in [5.74, 6) is 1.52. The fourth-order valence-electron chi connectivity index (χ4n) is 9.67. The molecule has 0 aromatic carbocycles. The molecule has 2 N–H and O–H groups in total. The van der Waals surface area contributed by atoms with Gasteiger partial charge in [0, 0.05) is 17.5 Å². The highest BCUT2D eigenvalue weighted by molar-refractivity contribution is 5.30. The Morgan fingerprint density at radius 1 is 1.00 bits per heavy atom. The topological polar surface area (TPSA) is 66.1 Å². The SMILES string of the molecule is C[C@]12CC[C@H](OCCN3CCCC3)C[C@H]1CC[C@@H]1[C@@H]2CC[C@]2(C)[C@](O)(c3ccoc3)CC[C@]12O. The van der Waals surface area contributed by atoms with Gasteiger partial charge in [0.15, 0.2) is 0 Å². The number of nitrogens with zero attached hydrogens (tertiary/aromatic N) is 1. The van der Waals surface area contributed by atoms with Crippen LogP contribution in [0.1, 0.15) is 90.0 Å². The summed E-state index contributed by atoms with van der Waals surface area (Å²) in [6.07, 6.45) is 15.6. The zero-order chi connectivity index (χ0) is 23.6. The van der Waals surface area contributed by atoms with E-state index in [2.05, 4.69) is 18.7 Å². The normalized spacial score (nSPS) is 48.9. The van der Waals surface area contributed by atoms with E-state index in [-0.39, 0.29) is 11.3 Å². The van der Waals surface area contributed by atoms with Crippen molar-refractivity contribution in [3.05, 3.63) is 24.2 Å². The van der Waals surface area contributed by atoms with Crippen LogP contribution in [0.3, 0.4) is 0 Å². The smallest absolute Gasteiger partial charge is 0.101 e. The van der Waals surface area contributed by atoms with E-state index in [1.165, 1.54) is 45.2 Å². The fraction of sp³-hybridized carbons (Fsp3) is 0.862. The first-order valence-electron chi connectivity index (χ1n) is 14.1. The highest BCUT2D eigenvalue weighted by Gasteiger charge is 2.72. The maximum Gasteiger partial charge on any atom is 0.101 e. The van der Waals surface area contributed by atoms with Gasteiger partial charge < -0.3 is 24.3 Å². The van der Waals surface area contributed by atoms with Crippen LogP contribution in [0.4, 0.5) is 0 Å². The molecule has 6 rings (SSSR count). The molecule has 1 aromatic rings. The van der Waals surface area contributed by atoms with Gasteiger partial charge in [-0.2, -0.15) is 0 Å². The van der Waals surface area contributed by atoms with Crippen molar-refractivity contribution in [1.29, 1.82) is 0 Å². The van der Waals surface area contributed by atoms with Crippen molar-refractivity contribution in [2.45, 2.75) is 102 Å². The molecular weight excluding hydrogens is 426 g/mol. The molecule has 1 aliphatic heterocycles. The van der Waals surface area contributed by atoms with Crippen LogP contribution in [0.2, 0.25) is 0 Å². The fourth-order valence-corrected chi connectivity index (χ4v) is 9.67. The zero-order valence-corrected chi connectivity index (χ0v) is 21.3. The second-order valence-electron chi connectivity index (χ2n) is 13.0. The standard InChI is InChI=1S/C29H45NO4/c1-26-10-7-23(34-18-16-30-14-3-4-15-30)19-21(26)5-6-25-24(26)8-11-27(2)28(31,12-13-29(25,27)32)22-9-17-33-20-22/h9,17,20-21,23-25,31-32H,3-8,10-16,18-19H2,1-2H3/t21-,23+,24+,25-,26+,27-,28-,29+/m1/s1. The summed E-state index contributed by atoms with van der Waals surface area (Å²) < 4.78 is 11.8. The third-order valence-electron chi connectivity index (χ3n) is 11.9. The van der Waals surface area contributed by atoms with E-state index in [0.717, 1.165) is 44.4 Å². The molecule has 5 heteroatoms. The summed E-state index contributed by atoms with van der Waals surface area (Å²) in [6, 6.07) is 1.90. The number of ether oxygens (including phenoxy) is 1. The lowest BCUT2D eigenvalue weighted by atomic mass is 9.43. The van der Waals surface area contributed by atoms with Crippen LogP contribution in [0, 0.1) is 28.6 Å². The summed E-state index contributed by atoms with van der Waals surface area (Å²) in [4.78, 5) is 2.55. The van der Waals surface area contributed by atoms with Crippen molar-refractivity contribution in [3.63, 3.8) is 0 Å². The van der Waals surface area contributed by atoms with E-state index in [0.29, 0.717) is 30.8 Å². The van der Waals surface area contributed by atoms with Crippen molar-refractivity contribution < 1.29 is 19.4 Å². The molecule has 34 heavy (non-hydrogen) atoms. The summed E-state index contributed by atoms with van der Waals surface area (Å²) in [5.41, 5.74) is -1.21. The van der Waals surface area contributed by atoms with Gasteiger partial charge in [0.1, 0.15) is 5.60 Å². The lowest BCUT2D eigenvalue weighted by Gasteiger charge is -2.64. The number of fused-ring (bicyclic) bond motifs is 5. The zero-order valence-electron chi connectivity index (χ0n) is 21.3. The molecule has 0 radical (unpaired) electrons. The van der Waals surface area contributed by atoms with Gasteiger partial charge in [0.05, 0.1) is 30.8 Å². The van der Waals surface area contributed by atoms with E-state index in [9.17, 15) is 10.2 Å². The minimum atomic E-state index is -1.00.